The summed E-state index contributed by atoms with van der Waals surface area (Å²) in [4.78, 5) is 0. The van der Waals surface area contributed by atoms with E-state index in [9.17, 15) is 0 Å². The first-order valence-electron chi connectivity index (χ1n) is 7.37. The normalized spacial score (nSPS) is 28.7. The van der Waals surface area contributed by atoms with E-state index in [2.05, 4.69) is 62.4 Å². The van der Waals surface area contributed by atoms with Gasteiger partial charge in [0.15, 0.2) is 0 Å². The van der Waals surface area contributed by atoms with Crippen LogP contribution in [-0.4, -0.2) is 0 Å². The van der Waals surface area contributed by atoms with Crippen molar-refractivity contribution in [3.8, 4) is 0 Å². The van der Waals surface area contributed by atoms with E-state index in [1.54, 1.807) is 15.3 Å². The molecule has 4 rings (SSSR count). The molecule has 3 aliphatic rings. The molecule has 0 aromatic heterocycles. The summed E-state index contributed by atoms with van der Waals surface area (Å²) in [6, 6.07) is 9.06. The van der Waals surface area contributed by atoms with E-state index in [1.165, 1.54) is 12.0 Å². The number of hydrogen-bond donors (Lipinski definition) is 0. The van der Waals surface area contributed by atoms with Crippen LogP contribution in [0.15, 0.2) is 51.3 Å². The third-order valence-electron chi connectivity index (χ3n) is 5.45. The fraction of sp³-hybridized carbons (Fsp3) is 0.333. The van der Waals surface area contributed by atoms with Gasteiger partial charge in [0.25, 0.3) is 0 Å². The van der Waals surface area contributed by atoms with Gasteiger partial charge in [-0.2, -0.15) is 0 Å². The van der Waals surface area contributed by atoms with Crippen LogP contribution in [0.25, 0.3) is 6.08 Å². The van der Waals surface area contributed by atoms with Gasteiger partial charge in [-0.3, -0.25) is 0 Å². The second-order valence-corrected chi connectivity index (χ2v) is 17.9. The van der Waals surface area contributed by atoms with E-state index in [0.717, 1.165) is 7.25 Å². The molecule has 0 spiro atoms. The SMILES string of the molecule is CC1=[C]([Zr+2]2([CH]3C=Cc4ccccc43)[CH2][CH]2C)CC=C1.[Cl-].[Cl-]. The molecule has 1 aromatic rings. The summed E-state index contributed by atoms with van der Waals surface area (Å²) in [5, 5.41) is 0. The number of rotatable bonds is 2. The van der Waals surface area contributed by atoms with E-state index < -0.39 is 20.3 Å². The molecule has 2 aliphatic carbocycles. The van der Waals surface area contributed by atoms with Crippen LogP contribution >= 0.6 is 0 Å². The molecule has 0 radical (unpaired) electrons. The maximum Gasteiger partial charge on any atom is -1.00 e. The summed E-state index contributed by atoms with van der Waals surface area (Å²) in [5.41, 5.74) is 4.72. The molecule has 3 atom stereocenters. The Labute approximate surface area is 144 Å². The summed E-state index contributed by atoms with van der Waals surface area (Å²) in [6.45, 7) is 4.86. The van der Waals surface area contributed by atoms with Gasteiger partial charge in [0.05, 0.1) is 0 Å². The van der Waals surface area contributed by atoms with Crippen LogP contribution in [0, 0.1) is 0 Å². The zero-order valence-corrected chi connectivity index (χ0v) is 16.4. The van der Waals surface area contributed by atoms with Gasteiger partial charge in [-0.15, -0.1) is 0 Å². The van der Waals surface area contributed by atoms with Gasteiger partial charge >= 0.3 is 120 Å². The van der Waals surface area contributed by atoms with Gasteiger partial charge in [-0.25, -0.2) is 0 Å². The van der Waals surface area contributed by atoms with Gasteiger partial charge in [-0.1, -0.05) is 0 Å². The fourth-order valence-corrected chi connectivity index (χ4v) is 21.2. The zero-order valence-electron chi connectivity index (χ0n) is 12.4. The van der Waals surface area contributed by atoms with E-state index in [4.69, 9.17) is 0 Å². The molecule has 110 valence electrons. The molecule has 1 heterocycles. The number of allylic oxidation sites excluding steroid dienone is 5. The summed E-state index contributed by atoms with van der Waals surface area (Å²) in [5.74, 6) is 0. The van der Waals surface area contributed by atoms with Crippen molar-refractivity contribution < 1.29 is 45.1 Å². The third-order valence-corrected chi connectivity index (χ3v) is 20.3. The largest absolute Gasteiger partial charge is 1.00 e. The molecule has 1 aromatic carbocycles. The van der Waals surface area contributed by atoms with Gasteiger partial charge in [0, 0.05) is 0 Å². The van der Waals surface area contributed by atoms with Crippen molar-refractivity contribution in [1.82, 2.24) is 0 Å². The van der Waals surface area contributed by atoms with Gasteiger partial charge in [0.2, 0.25) is 0 Å². The molecule has 3 unspecified atom stereocenters. The van der Waals surface area contributed by atoms with Crippen molar-refractivity contribution in [3.63, 3.8) is 0 Å². The first kappa shape index (κ1) is 17.3. The third kappa shape index (κ3) is 2.46. The molecule has 0 amide bonds. The van der Waals surface area contributed by atoms with E-state index >= 15 is 0 Å². The quantitative estimate of drug-likeness (QED) is 0.624. The van der Waals surface area contributed by atoms with Gasteiger partial charge in [0.1, 0.15) is 0 Å². The van der Waals surface area contributed by atoms with Crippen LogP contribution in [0.5, 0.6) is 0 Å². The summed E-state index contributed by atoms with van der Waals surface area (Å²) < 4.78 is 5.31. The van der Waals surface area contributed by atoms with Crippen molar-refractivity contribution in [2.75, 3.05) is 0 Å². The molecule has 1 aliphatic heterocycles. The van der Waals surface area contributed by atoms with Crippen LogP contribution in [0.3, 0.4) is 0 Å². The second-order valence-electron chi connectivity index (χ2n) is 6.38. The average molecular weight is 398 g/mol. The van der Waals surface area contributed by atoms with Crippen molar-refractivity contribution in [2.24, 2.45) is 0 Å². The zero-order chi connectivity index (χ0) is 13.0. The van der Waals surface area contributed by atoms with Gasteiger partial charge in [-0.05, 0) is 0 Å². The fourth-order valence-electron chi connectivity index (χ4n) is 4.36. The predicted octanol–water partition coefficient (Wildman–Crippen LogP) is -0.609. The Kier molecular flexibility index (Phi) is 5.09. The van der Waals surface area contributed by atoms with Crippen LogP contribution in [0.2, 0.25) is 7.75 Å². The topological polar surface area (TPSA) is 0 Å². The monoisotopic (exact) mass is 396 g/mol. The Morgan fingerprint density at radius 3 is 2.43 bits per heavy atom. The molecule has 21 heavy (non-hydrogen) atoms. The number of halogens is 2. The Balaban J connectivity index is 0.000000807. The van der Waals surface area contributed by atoms with E-state index in [1.807, 2.05) is 3.28 Å². The summed E-state index contributed by atoms with van der Waals surface area (Å²) in [6.07, 6.45) is 10.9. The average Bonchev–Trinajstić information content (AvgIpc) is 2.83. The molecule has 0 N–H and O–H groups in total. The number of hydrogen-bond acceptors (Lipinski definition) is 0. The number of benzene rings is 1. The van der Waals surface area contributed by atoms with E-state index in [-0.39, 0.29) is 24.8 Å². The van der Waals surface area contributed by atoms with Crippen molar-refractivity contribution in [1.29, 1.82) is 0 Å². The second kappa shape index (κ2) is 6.19. The summed E-state index contributed by atoms with van der Waals surface area (Å²) >= 11 is -2.14. The van der Waals surface area contributed by atoms with Crippen LogP contribution in [0.4, 0.5) is 0 Å². The first-order chi connectivity index (χ1) is 9.23. The molecule has 1 fully saturated rings. The maximum absolute atomic E-state index is 2.54. The first-order valence-corrected chi connectivity index (χ1v) is 13.2. The maximum atomic E-state index is 2.54. The van der Waals surface area contributed by atoms with Crippen LogP contribution < -0.4 is 24.8 Å². The molecular weight excluding hydrogens is 378 g/mol. The Hall–Kier alpha value is -0.0969. The van der Waals surface area contributed by atoms with Crippen molar-refractivity contribution in [2.45, 2.75) is 31.6 Å². The van der Waals surface area contributed by atoms with Crippen molar-refractivity contribution >= 4 is 6.08 Å². The minimum absolute atomic E-state index is 0. The number of fused-ring (bicyclic) bond motifs is 1. The minimum Gasteiger partial charge on any atom is -1.00 e. The predicted molar refractivity (Wildman–Crippen MR) is 78.9 cm³/mol. The molecule has 0 saturated carbocycles. The minimum atomic E-state index is -2.14. The Morgan fingerprint density at radius 1 is 1.10 bits per heavy atom. The standard InChI is InChI=1S/C9H7.C6H7.C3H6.2ClH.Zr/c1-2-5-9-7-3-6-8(9)4-1;1-6-4-2-3-5-6;1-3-2;;;/h1-7H;2,4H,3H2,1H3;3H,1H2,2H3;2*1H;/q;;;;;+2/p-2. The van der Waals surface area contributed by atoms with Gasteiger partial charge < -0.3 is 24.8 Å². The Bertz CT molecular complexity index is 644. The molecule has 0 nitrogen and oxygen atoms in total. The molecule has 3 heteroatoms. The molecular formula is C18H20Cl2Zr. The molecule has 0 bridgehead atoms. The smallest absolute Gasteiger partial charge is 1.00 e. The summed E-state index contributed by atoms with van der Waals surface area (Å²) in [7, 11) is 0. The van der Waals surface area contributed by atoms with Crippen LogP contribution in [-0.2, 0) is 20.3 Å². The van der Waals surface area contributed by atoms with Crippen molar-refractivity contribution in [3.05, 3.63) is 62.5 Å². The Morgan fingerprint density at radius 2 is 1.81 bits per heavy atom. The molecule has 1 saturated heterocycles. The van der Waals surface area contributed by atoms with Crippen LogP contribution in [0.1, 0.15) is 35.0 Å². The van der Waals surface area contributed by atoms with E-state index in [0.29, 0.717) is 0 Å².